The number of nitrogens with one attached hydrogen (secondary N) is 1. The molecule has 1 aliphatic rings. The number of hydrogen-bond donors (Lipinski definition) is 1. The van der Waals surface area contributed by atoms with Crippen molar-refractivity contribution in [3.8, 4) is 0 Å². The molecule has 1 aliphatic heterocycles. The molecule has 0 saturated carbocycles. The SMILES string of the molecule is CCNC(CC1CCN(C(=O)OCC)CC1)C(=O)CC. The van der Waals surface area contributed by atoms with Crippen LogP contribution < -0.4 is 5.32 Å². The fraction of sp³-hybridized carbons (Fsp3) is 0.867. The number of ketones is 1. The summed E-state index contributed by atoms with van der Waals surface area (Å²) in [5, 5.41) is 3.28. The van der Waals surface area contributed by atoms with Crippen LogP contribution in [0.2, 0.25) is 0 Å². The molecule has 0 aromatic rings. The summed E-state index contributed by atoms with van der Waals surface area (Å²) >= 11 is 0. The summed E-state index contributed by atoms with van der Waals surface area (Å²) in [4.78, 5) is 25.3. The predicted octanol–water partition coefficient (Wildman–Crippen LogP) is 2.20. The fourth-order valence-corrected chi connectivity index (χ4v) is 2.72. The normalized spacial score (nSPS) is 17.9. The van der Waals surface area contributed by atoms with Gasteiger partial charge in [0, 0.05) is 19.5 Å². The van der Waals surface area contributed by atoms with Crippen molar-refractivity contribution in [3.05, 3.63) is 0 Å². The summed E-state index contributed by atoms with van der Waals surface area (Å²) in [6, 6.07) is -0.0239. The first kappa shape index (κ1) is 17.0. The van der Waals surface area contributed by atoms with Crippen LogP contribution in [0.25, 0.3) is 0 Å². The van der Waals surface area contributed by atoms with Gasteiger partial charge in [0.2, 0.25) is 0 Å². The number of hydrogen-bond acceptors (Lipinski definition) is 4. The van der Waals surface area contributed by atoms with Gasteiger partial charge < -0.3 is 15.0 Å². The molecule has 1 rings (SSSR count). The Hall–Kier alpha value is -1.10. The van der Waals surface area contributed by atoms with E-state index in [0.717, 1.165) is 38.9 Å². The zero-order valence-electron chi connectivity index (χ0n) is 13.0. The van der Waals surface area contributed by atoms with Crippen molar-refractivity contribution in [2.45, 2.75) is 52.5 Å². The Bertz CT molecular complexity index is 312. The molecule has 1 saturated heterocycles. The van der Waals surface area contributed by atoms with Crippen molar-refractivity contribution < 1.29 is 14.3 Å². The van der Waals surface area contributed by atoms with Gasteiger partial charge in [-0.05, 0) is 38.6 Å². The van der Waals surface area contributed by atoms with Gasteiger partial charge in [0.1, 0.15) is 5.78 Å². The van der Waals surface area contributed by atoms with E-state index in [1.54, 1.807) is 4.90 Å². The van der Waals surface area contributed by atoms with Crippen LogP contribution in [0, 0.1) is 5.92 Å². The second-order valence-corrected chi connectivity index (χ2v) is 5.30. The molecule has 1 amide bonds. The number of likely N-dealkylation sites (N-methyl/N-ethyl adjacent to an activating group) is 1. The molecule has 1 heterocycles. The average molecular weight is 284 g/mol. The van der Waals surface area contributed by atoms with Crippen LogP contribution >= 0.6 is 0 Å². The quantitative estimate of drug-likeness (QED) is 0.778. The molecule has 5 heteroatoms. The van der Waals surface area contributed by atoms with E-state index in [0.29, 0.717) is 24.7 Å². The van der Waals surface area contributed by atoms with Crippen LogP contribution in [0.3, 0.4) is 0 Å². The van der Waals surface area contributed by atoms with Crippen molar-refractivity contribution in [3.63, 3.8) is 0 Å². The molecule has 0 aliphatic carbocycles. The number of rotatable bonds is 7. The van der Waals surface area contributed by atoms with E-state index in [2.05, 4.69) is 5.32 Å². The Kier molecular flexibility index (Phi) is 7.59. The molecule has 0 bridgehead atoms. The minimum absolute atomic E-state index is 0.0239. The monoisotopic (exact) mass is 284 g/mol. The first-order chi connectivity index (χ1) is 9.62. The molecule has 1 atom stereocenters. The first-order valence-corrected chi connectivity index (χ1v) is 7.80. The smallest absolute Gasteiger partial charge is 0.409 e. The van der Waals surface area contributed by atoms with Gasteiger partial charge in [-0.15, -0.1) is 0 Å². The van der Waals surface area contributed by atoms with Gasteiger partial charge in [0.05, 0.1) is 12.6 Å². The van der Waals surface area contributed by atoms with E-state index in [1.165, 1.54) is 0 Å². The highest BCUT2D eigenvalue weighted by molar-refractivity contribution is 5.83. The van der Waals surface area contributed by atoms with E-state index in [9.17, 15) is 9.59 Å². The molecule has 5 nitrogen and oxygen atoms in total. The van der Waals surface area contributed by atoms with Crippen LogP contribution in [0.15, 0.2) is 0 Å². The third kappa shape index (κ3) is 5.12. The third-order valence-electron chi connectivity index (χ3n) is 3.90. The van der Waals surface area contributed by atoms with Crippen LogP contribution in [0.5, 0.6) is 0 Å². The van der Waals surface area contributed by atoms with Crippen LogP contribution in [0.1, 0.15) is 46.5 Å². The standard InChI is InChI=1S/C15H28N2O3/c1-4-14(18)13(16-5-2)11-12-7-9-17(10-8-12)15(19)20-6-3/h12-13,16H,4-11H2,1-3H3. The van der Waals surface area contributed by atoms with E-state index in [1.807, 2.05) is 20.8 Å². The molecule has 0 aromatic carbocycles. The molecule has 1 unspecified atom stereocenters. The Morgan fingerprint density at radius 3 is 2.40 bits per heavy atom. The van der Waals surface area contributed by atoms with Crippen LogP contribution in [0.4, 0.5) is 4.79 Å². The number of nitrogens with zero attached hydrogens (tertiary/aromatic N) is 1. The number of Topliss-reactive ketones (excluding diaryl/α,β-unsaturated/α-hetero) is 1. The summed E-state index contributed by atoms with van der Waals surface area (Å²) in [6.07, 6.45) is 3.17. The molecule has 116 valence electrons. The van der Waals surface area contributed by atoms with Crippen molar-refractivity contribution in [2.75, 3.05) is 26.2 Å². The highest BCUT2D eigenvalue weighted by Crippen LogP contribution is 2.23. The molecule has 0 aromatic heterocycles. The van der Waals surface area contributed by atoms with Crippen LogP contribution in [-0.4, -0.2) is 49.1 Å². The number of piperidine rings is 1. The van der Waals surface area contributed by atoms with Gasteiger partial charge in [-0.2, -0.15) is 0 Å². The summed E-state index contributed by atoms with van der Waals surface area (Å²) in [5.74, 6) is 0.805. The molecule has 0 spiro atoms. The van der Waals surface area contributed by atoms with Crippen LogP contribution in [-0.2, 0) is 9.53 Å². The number of carbonyl (C=O) groups is 2. The highest BCUT2D eigenvalue weighted by Gasteiger charge is 2.27. The van der Waals surface area contributed by atoms with E-state index < -0.39 is 0 Å². The second kappa shape index (κ2) is 8.95. The fourth-order valence-electron chi connectivity index (χ4n) is 2.72. The zero-order chi connectivity index (χ0) is 15.0. The number of ether oxygens (including phenoxy) is 1. The first-order valence-electron chi connectivity index (χ1n) is 7.80. The number of amides is 1. The Morgan fingerprint density at radius 1 is 1.25 bits per heavy atom. The minimum atomic E-state index is -0.209. The van der Waals surface area contributed by atoms with E-state index in [-0.39, 0.29) is 12.1 Å². The Morgan fingerprint density at radius 2 is 1.90 bits per heavy atom. The van der Waals surface area contributed by atoms with E-state index in [4.69, 9.17) is 4.74 Å². The third-order valence-corrected chi connectivity index (χ3v) is 3.90. The zero-order valence-corrected chi connectivity index (χ0v) is 13.0. The maximum Gasteiger partial charge on any atom is 0.409 e. The van der Waals surface area contributed by atoms with Crippen molar-refractivity contribution in [1.82, 2.24) is 10.2 Å². The van der Waals surface area contributed by atoms with Gasteiger partial charge >= 0.3 is 6.09 Å². The lowest BCUT2D eigenvalue weighted by Crippen LogP contribution is -2.42. The summed E-state index contributed by atoms with van der Waals surface area (Å²) in [6.45, 7) is 8.48. The second-order valence-electron chi connectivity index (χ2n) is 5.30. The Balaban J connectivity index is 2.40. The highest BCUT2D eigenvalue weighted by atomic mass is 16.6. The Labute approximate surface area is 122 Å². The number of likely N-dealkylation sites (tertiary alicyclic amines) is 1. The van der Waals surface area contributed by atoms with Gasteiger partial charge in [0.25, 0.3) is 0 Å². The van der Waals surface area contributed by atoms with Gasteiger partial charge in [0.15, 0.2) is 0 Å². The van der Waals surface area contributed by atoms with Crippen molar-refractivity contribution in [2.24, 2.45) is 5.92 Å². The molecule has 0 radical (unpaired) electrons. The molecule has 1 fully saturated rings. The van der Waals surface area contributed by atoms with E-state index >= 15 is 0 Å². The molecular formula is C15H28N2O3. The lowest BCUT2D eigenvalue weighted by molar-refractivity contribution is -0.121. The minimum Gasteiger partial charge on any atom is -0.450 e. The largest absolute Gasteiger partial charge is 0.450 e. The lowest BCUT2D eigenvalue weighted by Gasteiger charge is -2.32. The number of carbonyl (C=O) groups excluding carboxylic acids is 2. The molecular weight excluding hydrogens is 256 g/mol. The summed E-state index contributed by atoms with van der Waals surface area (Å²) < 4.78 is 5.01. The van der Waals surface area contributed by atoms with Gasteiger partial charge in [-0.25, -0.2) is 4.79 Å². The summed E-state index contributed by atoms with van der Waals surface area (Å²) in [5.41, 5.74) is 0. The molecule has 1 N–H and O–H groups in total. The lowest BCUT2D eigenvalue weighted by atomic mass is 9.88. The average Bonchev–Trinajstić information content (AvgIpc) is 2.47. The van der Waals surface area contributed by atoms with Gasteiger partial charge in [-0.1, -0.05) is 13.8 Å². The van der Waals surface area contributed by atoms with Crippen molar-refractivity contribution >= 4 is 11.9 Å². The maximum absolute atomic E-state index is 11.9. The maximum atomic E-state index is 11.9. The van der Waals surface area contributed by atoms with Gasteiger partial charge in [-0.3, -0.25) is 4.79 Å². The summed E-state index contributed by atoms with van der Waals surface area (Å²) in [7, 11) is 0. The predicted molar refractivity (Wildman–Crippen MR) is 78.7 cm³/mol. The molecule has 20 heavy (non-hydrogen) atoms. The topological polar surface area (TPSA) is 58.6 Å². The van der Waals surface area contributed by atoms with Crippen molar-refractivity contribution in [1.29, 1.82) is 0 Å².